The van der Waals surface area contributed by atoms with Crippen LogP contribution < -0.4 is 9.64 Å². The van der Waals surface area contributed by atoms with Crippen LogP contribution in [0.15, 0.2) is 71.3 Å². The molecule has 0 N–H and O–H groups in total. The Balaban J connectivity index is 1.15. The Morgan fingerprint density at radius 1 is 0.811 bits per heavy atom. The summed E-state index contributed by atoms with van der Waals surface area (Å²) in [5.74, 6) is -2.42. The second-order valence-electron chi connectivity index (χ2n) is 8.95. The van der Waals surface area contributed by atoms with Gasteiger partial charge < -0.3 is 13.9 Å². The molecule has 1 aliphatic heterocycles. The van der Waals surface area contributed by atoms with E-state index >= 15 is 0 Å². The van der Waals surface area contributed by atoms with Gasteiger partial charge in [-0.3, -0.25) is 19.3 Å². The van der Waals surface area contributed by atoms with E-state index in [0.717, 1.165) is 25.7 Å². The highest BCUT2D eigenvalue weighted by Crippen LogP contribution is 2.40. The van der Waals surface area contributed by atoms with E-state index in [-0.39, 0.29) is 46.3 Å². The summed E-state index contributed by atoms with van der Waals surface area (Å²) < 4.78 is 15.3. The molecule has 2 unspecified atom stereocenters. The minimum absolute atomic E-state index is 0.0525. The van der Waals surface area contributed by atoms with Crippen molar-refractivity contribution < 1.29 is 37.9 Å². The van der Waals surface area contributed by atoms with Crippen LogP contribution in [0.4, 0.5) is 5.69 Å². The van der Waals surface area contributed by atoms with Crippen molar-refractivity contribution in [3.8, 4) is 5.75 Å². The number of rotatable bonds is 7. The van der Waals surface area contributed by atoms with Crippen LogP contribution in [0.2, 0.25) is 0 Å². The number of anilines is 1. The van der Waals surface area contributed by atoms with Crippen LogP contribution in [-0.4, -0.2) is 36.1 Å². The number of Topliss-reactive ketones (excluding diaryl/α,β-unsaturated/α-hetero) is 1. The second kappa shape index (κ2) is 10.2. The van der Waals surface area contributed by atoms with Crippen molar-refractivity contribution in [1.29, 1.82) is 0 Å². The molecule has 1 saturated carbocycles. The fourth-order valence-corrected chi connectivity index (χ4v) is 4.72. The molecular formula is C28H23NO8. The van der Waals surface area contributed by atoms with Crippen LogP contribution in [0.3, 0.4) is 0 Å². The van der Waals surface area contributed by atoms with Gasteiger partial charge in [-0.15, -0.1) is 0 Å². The number of esters is 2. The van der Waals surface area contributed by atoms with Gasteiger partial charge in [0.15, 0.2) is 12.4 Å². The first kappa shape index (κ1) is 24.2. The predicted molar refractivity (Wildman–Crippen MR) is 129 cm³/mol. The molecule has 1 saturated heterocycles. The normalized spacial score (nSPS) is 18.9. The molecule has 9 heteroatoms. The van der Waals surface area contributed by atoms with Gasteiger partial charge in [-0.1, -0.05) is 12.8 Å². The Morgan fingerprint density at radius 2 is 1.43 bits per heavy atom. The number of hydrogen-bond donors (Lipinski definition) is 0. The highest BCUT2D eigenvalue weighted by Gasteiger charge is 2.48. The predicted octanol–water partition coefficient (Wildman–Crippen LogP) is 4.22. The number of nitrogens with zero attached hydrogens (tertiary/aromatic N) is 1. The third-order valence-corrected chi connectivity index (χ3v) is 6.65. The van der Waals surface area contributed by atoms with E-state index in [1.165, 1.54) is 65.8 Å². The zero-order chi connectivity index (χ0) is 25.9. The number of fused-ring (bicyclic) bond motifs is 1. The average Bonchev–Trinajstić information content (AvgIpc) is 3.55. The first-order valence-electron chi connectivity index (χ1n) is 12.0. The zero-order valence-electron chi connectivity index (χ0n) is 19.8. The Bertz CT molecular complexity index is 1320. The van der Waals surface area contributed by atoms with Gasteiger partial charge in [0.05, 0.1) is 29.3 Å². The molecule has 37 heavy (non-hydrogen) atoms. The molecule has 5 rings (SSSR count). The highest BCUT2D eigenvalue weighted by atomic mass is 16.5. The van der Waals surface area contributed by atoms with Gasteiger partial charge >= 0.3 is 11.9 Å². The van der Waals surface area contributed by atoms with E-state index in [1.54, 1.807) is 6.07 Å². The molecule has 2 aliphatic rings. The van der Waals surface area contributed by atoms with Crippen LogP contribution in [0.25, 0.3) is 0 Å². The minimum Gasteiger partial charge on any atom is -0.457 e. The van der Waals surface area contributed by atoms with Crippen LogP contribution in [-0.2, 0) is 14.3 Å². The lowest BCUT2D eigenvalue weighted by Crippen LogP contribution is -2.30. The summed E-state index contributed by atoms with van der Waals surface area (Å²) in [7, 11) is 0. The first-order valence-corrected chi connectivity index (χ1v) is 12.0. The summed E-state index contributed by atoms with van der Waals surface area (Å²) in [5.41, 5.74) is 0.881. The minimum atomic E-state index is -0.711. The van der Waals surface area contributed by atoms with Crippen LogP contribution in [0.1, 0.15) is 57.0 Å². The summed E-state index contributed by atoms with van der Waals surface area (Å²) in [6.07, 6.45) is 4.70. The van der Waals surface area contributed by atoms with Crippen LogP contribution in [0, 0.1) is 11.8 Å². The van der Waals surface area contributed by atoms with Gasteiger partial charge in [-0.05, 0) is 73.5 Å². The van der Waals surface area contributed by atoms with Crippen molar-refractivity contribution in [3.05, 3.63) is 83.8 Å². The molecule has 9 nitrogen and oxygen atoms in total. The standard InChI is InChI=1S/C28H23NO8/c30-23(17-9-13-20(14-10-17)37-28(34)24-6-3-15-35-24)16-36-27(33)18-7-11-19(12-8-18)29-25(31)21-4-1-2-5-22(21)26(29)32/h3,6-15,21-22H,1-2,4-5,16H2. The number of ether oxygens (including phenoxy) is 2. The van der Waals surface area contributed by atoms with Crippen molar-refractivity contribution in [2.75, 3.05) is 11.5 Å². The number of hydrogen-bond acceptors (Lipinski definition) is 8. The summed E-state index contributed by atoms with van der Waals surface area (Å²) in [6, 6.07) is 14.8. The van der Waals surface area contributed by atoms with Gasteiger partial charge in [0.1, 0.15) is 5.75 Å². The van der Waals surface area contributed by atoms with Gasteiger partial charge in [-0.2, -0.15) is 0 Å². The molecule has 2 aromatic carbocycles. The highest BCUT2D eigenvalue weighted by molar-refractivity contribution is 6.22. The fraction of sp³-hybridized carbons (Fsp3) is 0.250. The number of carbonyl (C=O) groups is 5. The monoisotopic (exact) mass is 501 g/mol. The Morgan fingerprint density at radius 3 is 2.03 bits per heavy atom. The molecule has 0 radical (unpaired) electrons. The van der Waals surface area contributed by atoms with Crippen molar-refractivity contribution in [2.45, 2.75) is 25.7 Å². The maximum Gasteiger partial charge on any atom is 0.379 e. The number of amides is 2. The van der Waals surface area contributed by atoms with Crippen molar-refractivity contribution >= 4 is 35.2 Å². The molecule has 1 aromatic heterocycles. The van der Waals surface area contributed by atoms with Crippen molar-refractivity contribution in [2.24, 2.45) is 11.8 Å². The third-order valence-electron chi connectivity index (χ3n) is 6.65. The number of furan rings is 1. The average molecular weight is 501 g/mol. The van der Waals surface area contributed by atoms with Crippen molar-refractivity contribution in [1.82, 2.24) is 0 Å². The zero-order valence-corrected chi connectivity index (χ0v) is 19.8. The van der Waals surface area contributed by atoms with E-state index in [9.17, 15) is 24.0 Å². The molecule has 2 fully saturated rings. The maximum absolute atomic E-state index is 12.8. The van der Waals surface area contributed by atoms with Gasteiger partial charge in [-0.25, -0.2) is 9.59 Å². The third kappa shape index (κ3) is 4.93. The number of carbonyl (C=O) groups excluding carboxylic acids is 5. The lowest BCUT2D eigenvalue weighted by Gasteiger charge is -2.19. The van der Waals surface area contributed by atoms with Crippen LogP contribution >= 0.6 is 0 Å². The quantitative estimate of drug-likeness (QED) is 0.204. The van der Waals surface area contributed by atoms with Gasteiger partial charge in [0.2, 0.25) is 17.6 Å². The topological polar surface area (TPSA) is 120 Å². The van der Waals surface area contributed by atoms with Gasteiger partial charge in [0, 0.05) is 5.56 Å². The SMILES string of the molecule is O=C(COC(=O)c1ccc(N2C(=O)C3CCCCC3C2=O)cc1)c1ccc(OC(=O)c2ccco2)cc1. The smallest absolute Gasteiger partial charge is 0.379 e. The van der Waals surface area contributed by atoms with Crippen LogP contribution in [0.5, 0.6) is 5.75 Å². The number of imide groups is 1. The Labute approximate surface area is 212 Å². The Hall–Kier alpha value is -4.53. The van der Waals surface area contributed by atoms with Gasteiger partial charge in [0.25, 0.3) is 0 Å². The summed E-state index contributed by atoms with van der Waals surface area (Å²) in [6.45, 7) is -0.488. The molecule has 3 aromatic rings. The molecule has 2 atom stereocenters. The lowest BCUT2D eigenvalue weighted by molar-refractivity contribution is -0.122. The summed E-state index contributed by atoms with van der Waals surface area (Å²) >= 11 is 0. The number of ketones is 1. The molecular weight excluding hydrogens is 478 g/mol. The summed E-state index contributed by atoms with van der Waals surface area (Å²) in [4.78, 5) is 63.5. The summed E-state index contributed by atoms with van der Waals surface area (Å²) in [5, 5.41) is 0. The Kier molecular flexibility index (Phi) is 6.68. The molecule has 188 valence electrons. The maximum atomic E-state index is 12.8. The molecule has 0 bridgehead atoms. The molecule has 2 heterocycles. The van der Waals surface area contributed by atoms with E-state index in [1.807, 2.05) is 0 Å². The van der Waals surface area contributed by atoms with E-state index in [2.05, 4.69) is 0 Å². The number of benzene rings is 2. The molecule has 2 amide bonds. The second-order valence-corrected chi connectivity index (χ2v) is 8.95. The van der Waals surface area contributed by atoms with E-state index in [0.29, 0.717) is 5.69 Å². The molecule has 0 spiro atoms. The lowest BCUT2D eigenvalue weighted by atomic mass is 9.81. The molecule has 1 aliphatic carbocycles. The largest absolute Gasteiger partial charge is 0.457 e. The van der Waals surface area contributed by atoms with E-state index < -0.39 is 24.3 Å². The first-order chi connectivity index (χ1) is 17.9. The van der Waals surface area contributed by atoms with E-state index in [4.69, 9.17) is 13.9 Å². The van der Waals surface area contributed by atoms with Crippen molar-refractivity contribution in [3.63, 3.8) is 0 Å². The fourth-order valence-electron chi connectivity index (χ4n) is 4.72.